The Bertz CT molecular complexity index is 1320. The normalized spacial score (nSPS) is 10.8. The molecule has 4 rings (SSSR count). The van der Waals surface area contributed by atoms with Gasteiger partial charge in [0.15, 0.2) is 10.7 Å². The van der Waals surface area contributed by atoms with Crippen LogP contribution >= 0.6 is 23.8 Å². The second kappa shape index (κ2) is 8.45. The van der Waals surface area contributed by atoms with Crippen molar-refractivity contribution in [1.29, 1.82) is 0 Å². The largest absolute Gasteiger partial charge is 0.436 e. The first-order valence-electron chi connectivity index (χ1n) is 9.35. The van der Waals surface area contributed by atoms with Gasteiger partial charge in [-0.15, -0.1) is 0 Å². The van der Waals surface area contributed by atoms with Crippen LogP contribution < -0.4 is 10.6 Å². The summed E-state index contributed by atoms with van der Waals surface area (Å²) >= 11 is 11.4. The molecule has 31 heavy (non-hydrogen) atoms. The zero-order valence-corrected chi connectivity index (χ0v) is 18.2. The molecular formula is C23H17ClFN3O2S. The number of carbonyl (C=O) groups excluding carboxylic acids is 1. The Kier molecular flexibility index (Phi) is 5.71. The molecule has 2 N–H and O–H groups in total. The van der Waals surface area contributed by atoms with Gasteiger partial charge in [-0.2, -0.15) is 0 Å². The summed E-state index contributed by atoms with van der Waals surface area (Å²) in [6, 6.07) is 14.8. The molecule has 0 atom stereocenters. The maximum Gasteiger partial charge on any atom is 0.257 e. The van der Waals surface area contributed by atoms with Gasteiger partial charge < -0.3 is 9.73 Å². The first kappa shape index (κ1) is 21.0. The maximum atomic E-state index is 13.3. The number of aromatic nitrogens is 1. The molecule has 0 spiro atoms. The number of nitrogens with one attached hydrogen (secondary N) is 2. The number of benzene rings is 3. The van der Waals surface area contributed by atoms with Gasteiger partial charge in [0.1, 0.15) is 11.3 Å². The van der Waals surface area contributed by atoms with Crippen molar-refractivity contribution < 1.29 is 13.6 Å². The predicted octanol–water partition coefficient (Wildman–Crippen LogP) is 6.03. The third-order valence-electron chi connectivity index (χ3n) is 4.52. The van der Waals surface area contributed by atoms with Gasteiger partial charge in [0.25, 0.3) is 5.91 Å². The van der Waals surface area contributed by atoms with E-state index in [2.05, 4.69) is 15.6 Å². The van der Waals surface area contributed by atoms with Gasteiger partial charge in [0, 0.05) is 11.3 Å². The highest BCUT2D eigenvalue weighted by Crippen LogP contribution is 2.31. The number of hydrogen-bond donors (Lipinski definition) is 2. The lowest BCUT2D eigenvalue weighted by Crippen LogP contribution is -2.34. The zero-order valence-electron chi connectivity index (χ0n) is 16.6. The van der Waals surface area contributed by atoms with Crippen LogP contribution in [0.5, 0.6) is 0 Å². The molecule has 4 aromatic rings. The number of anilines is 1. The van der Waals surface area contributed by atoms with E-state index in [-0.39, 0.29) is 21.9 Å². The Hall–Kier alpha value is -3.29. The second-order valence-corrected chi connectivity index (χ2v) is 7.93. The minimum Gasteiger partial charge on any atom is -0.436 e. The molecule has 0 radical (unpaired) electrons. The summed E-state index contributed by atoms with van der Waals surface area (Å²) in [4.78, 5) is 16.9. The molecule has 0 saturated carbocycles. The summed E-state index contributed by atoms with van der Waals surface area (Å²) in [7, 11) is 0. The molecule has 156 valence electrons. The van der Waals surface area contributed by atoms with Gasteiger partial charge in [-0.05, 0) is 74.6 Å². The van der Waals surface area contributed by atoms with Crippen LogP contribution in [-0.2, 0) is 0 Å². The summed E-state index contributed by atoms with van der Waals surface area (Å²) < 4.78 is 19.0. The molecule has 0 bridgehead atoms. The van der Waals surface area contributed by atoms with Crippen molar-refractivity contribution in [3.8, 4) is 11.5 Å². The summed E-state index contributed by atoms with van der Waals surface area (Å²) in [6.45, 7) is 3.86. The van der Waals surface area contributed by atoms with Crippen LogP contribution in [-0.4, -0.2) is 16.0 Å². The number of carbonyl (C=O) groups is 1. The molecule has 3 aromatic carbocycles. The third kappa shape index (κ3) is 4.73. The van der Waals surface area contributed by atoms with Crippen molar-refractivity contribution in [2.45, 2.75) is 13.8 Å². The lowest BCUT2D eigenvalue weighted by Gasteiger charge is -2.10. The average molecular weight is 454 g/mol. The van der Waals surface area contributed by atoms with Crippen LogP contribution in [0.15, 0.2) is 59.0 Å². The van der Waals surface area contributed by atoms with E-state index >= 15 is 0 Å². The summed E-state index contributed by atoms with van der Waals surface area (Å²) in [5, 5.41) is 6.02. The number of amides is 1. The van der Waals surface area contributed by atoms with Gasteiger partial charge in [-0.1, -0.05) is 28.8 Å². The number of halogens is 2. The Morgan fingerprint density at radius 1 is 1.06 bits per heavy atom. The Balaban J connectivity index is 1.50. The van der Waals surface area contributed by atoms with Crippen molar-refractivity contribution in [1.82, 2.24) is 10.3 Å². The van der Waals surface area contributed by atoms with Crippen LogP contribution in [0.25, 0.3) is 22.6 Å². The Labute approximate surface area is 188 Å². The smallest absolute Gasteiger partial charge is 0.257 e. The maximum absolute atomic E-state index is 13.3. The minimum atomic E-state index is -0.437. The standard InChI is InChI=1S/C23H17ClFN3O2S/c1-12-7-13(2)9-14(8-12)21(29)28-23(31)26-16-4-6-20-19(11-16)27-22(30-20)17-5-3-15(25)10-18(17)24/h3-11H,1-2H3,(H2,26,28,29,31). The molecule has 0 saturated heterocycles. The Morgan fingerprint density at radius 3 is 2.52 bits per heavy atom. The molecule has 0 unspecified atom stereocenters. The fraction of sp³-hybridized carbons (Fsp3) is 0.0870. The second-order valence-electron chi connectivity index (χ2n) is 7.11. The van der Waals surface area contributed by atoms with Crippen molar-refractivity contribution in [2.24, 2.45) is 0 Å². The topological polar surface area (TPSA) is 67.2 Å². The molecule has 0 aliphatic carbocycles. The molecule has 1 amide bonds. The van der Waals surface area contributed by atoms with E-state index < -0.39 is 5.82 Å². The van der Waals surface area contributed by atoms with Crippen LogP contribution in [0.1, 0.15) is 21.5 Å². The quantitative estimate of drug-likeness (QED) is 0.371. The molecule has 0 aliphatic rings. The average Bonchev–Trinajstić information content (AvgIpc) is 3.10. The molecule has 5 nitrogen and oxygen atoms in total. The number of nitrogens with zero attached hydrogens (tertiary/aromatic N) is 1. The van der Waals surface area contributed by atoms with Gasteiger partial charge in [0.05, 0.1) is 10.6 Å². The number of rotatable bonds is 3. The highest BCUT2D eigenvalue weighted by Gasteiger charge is 2.14. The number of thiocarbonyl (C=S) groups is 1. The Morgan fingerprint density at radius 2 is 1.81 bits per heavy atom. The molecular weight excluding hydrogens is 437 g/mol. The van der Waals surface area contributed by atoms with E-state index in [9.17, 15) is 9.18 Å². The van der Waals surface area contributed by atoms with Gasteiger partial charge >= 0.3 is 0 Å². The summed E-state index contributed by atoms with van der Waals surface area (Å²) in [5.74, 6) is -0.448. The SMILES string of the molecule is Cc1cc(C)cc(C(=O)NC(=S)Nc2ccc3oc(-c4ccc(F)cc4Cl)nc3c2)c1. The fourth-order valence-electron chi connectivity index (χ4n) is 3.23. The lowest BCUT2D eigenvalue weighted by atomic mass is 10.1. The number of fused-ring (bicyclic) bond motifs is 1. The van der Waals surface area contributed by atoms with Crippen molar-refractivity contribution >= 4 is 51.6 Å². The predicted molar refractivity (Wildman–Crippen MR) is 124 cm³/mol. The minimum absolute atomic E-state index is 0.161. The molecule has 0 aliphatic heterocycles. The molecule has 0 fully saturated rings. The highest BCUT2D eigenvalue weighted by atomic mass is 35.5. The highest BCUT2D eigenvalue weighted by molar-refractivity contribution is 7.80. The van der Waals surface area contributed by atoms with E-state index in [1.807, 2.05) is 19.9 Å². The van der Waals surface area contributed by atoms with Gasteiger partial charge in [-0.25, -0.2) is 9.37 Å². The van der Waals surface area contributed by atoms with Crippen LogP contribution in [0.4, 0.5) is 10.1 Å². The summed E-state index contributed by atoms with van der Waals surface area (Å²) in [5.41, 5.74) is 4.74. The first-order valence-corrected chi connectivity index (χ1v) is 10.1. The number of aryl methyl sites for hydroxylation is 2. The van der Waals surface area contributed by atoms with Crippen molar-refractivity contribution in [3.05, 3.63) is 82.1 Å². The molecule has 1 aromatic heterocycles. The number of oxazole rings is 1. The van der Waals surface area contributed by atoms with Crippen LogP contribution in [0.2, 0.25) is 5.02 Å². The van der Waals surface area contributed by atoms with Gasteiger partial charge in [-0.3, -0.25) is 10.1 Å². The summed E-state index contributed by atoms with van der Waals surface area (Å²) in [6.07, 6.45) is 0. The van der Waals surface area contributed by atoms with Crippen LogP contribution in [0, 0.1) is 19.7 Å². The zero-order chi connectivity index (χ0) is 22.1. The first-order chi connectivity index (χ1) is 14.8. The third-order valence-corrected chi connectivity index (χ3v) is 5.03. The van der Waals surface area contributed by atoms with E-state index in [0.717, 1.165) is 11.1 Å². The molecule has 1 heterocycles. The van der Waals surface area contributed by atoms with E-state index in [1.54, 1.807) is 30.3 Å². The van der Waals surface area contributed by atoms with Crippen molar-refractivity contribution in [3.63, 3.8) is 0 Å². The monoisotopic (exact) mass is 453 g/mol. The van der Waals surface area contributed by atoms with E-state index in [4.69, 9.17) is 28.2 Å². The van der Waals surface area contributed by atoms with E-state index in [0.29, 0.717) is 27.9 Å². The molecule has 8 heteroatoms. The van der Waals surface area contributed by atoms with Crippen molar-refractivity contribution in [2.75, 3.05) is 5.32 Å². The van der Waals surface area contributed by atoms with Crippen LogP contribution in [0.3, 0.4) is 0 Å². The number of hydrogen-bond acceptors (Lipinski definition) is 4. The van der Waals surface area contributed by atoms with E-state index in [1.165, 1.54) is 18.2 Å². The lowest BCUT2D eigenvalue weighted by molar-refractivity contribution is 0.0977. The van der Waals surface area contributed by atoms with Gasteiger partial charge in [0.2, 0.25) is 5.89 Å². The fourth-order valence-corrected chi connectivity index (χ4v) is 3.69.